The molecule has 20 heavy (non-hydrogen) atoms. The number of hydrogen-bond donors (Lipinski definition) is 0. The van der Waals surface area contributed by atoms with Crippen LogP contribution in [0.25, 0.3) is 0 Å². The van der Waals surface area contributed by atoms with Crippen LogP contribution in [0.1, 0.15) is 17.7 Å². The van der Waals surface area contributed by atoms with Gasteiger partial charge in [-0.3, -0.25) is 4.98 Å². The lowest BCUT2D eigenvalue weighted by Gasteiger charge is -2.18. The maximum absolute atomic E-state index is 5.93. The van der Waals surface area contributed by atoms with E-state index < -0.39 is 0 Å². The number of aryl methyl sites for hydroxylation is 1. The monoisotopic (exact) mass is 287 g/mol. The number of hydrogen-bond acceptors (Lipinski definition) is 3. The number of nitrogens with zero attached hydrogens (tertiary/aromatic N) is 3. The lowest BCUT2D eigenvalue weighted by Crippen LogP contribution is -2.22. The molecule has 1 aromatic heterocycles. The van der Waals surface area contributed by atoms with Gasteiger partial charge in [-0.25, -0.2) is 4.98 Å². The van der Waals surface area contributed by atoms with Crippen LogP contribution in [0.4, 0.5) is 5.82 Å². The molecule has 3 rings (SSSR count). The second kappa shape index (κ2) is 5.80. The van der Waals surface area contributed by atoms with Crippen molar-refractivity contribution in [2.24, 2.45) is 5.92 Å². The highest BCUT2D eigenvalue weighted by molar-refractivity contribution is 6.30. The minimum Gasteiger partial charge on any atom is -0.355 e. The van der Waals surface area contributed by atoms with Gasteiger partial charge in [0.25, 0.3) is 0 Å². The molecule has 0 aliphatic carbocycles. The standard InChI is InChI=1S/C16H18ClN3/c1-12-16(19-8-7-18-12)20-9-6-14(11-20)10-13-2-4-15(17)5-3-13/h2-5,7-8,14H,6,9-11H2,1H3. The van der Waals surface area contributed by atoms with Crippen LogP contribution >= 0.6 is 11.6 Å². The van der Waals surface area contributed by atoms with E-state index in [1.165, 1.54) is 12.0 Å². The Morgan fingerprint density at radius 1 is 1.20 bits per heavy atom. The van der Waals surface area contributed by atoms with E-state index in [9.17, 15) is 0 Å². The fraction of sp³-hybridized carbons (Fsp3) is 0.375. The minimum absolute atomic E-state index is 0.678. The molecule has 3 nitrogen and oxygen atoms in total. The highest BCUT2D eigenvalue weighted by Crippen LogP contribution is 2.26. The summed E-state index contributed by atoms with van der Waals surface area (Å²) in [7, 11) is 0. The van der Waals surface area contributed by atoms with Crippen molar-refractivity contribution >= 4 is 17.4 Å². The maximum atomic E-state index is 5.93. The van der Waals surface area contributed by atoms with Crippen molar-refractivity contribution < 1.29 is 0 Å². The van der Waals surface area contributed by atoms with Crippen molar-refractivity contribution in [3.8, 4) is 0 Å². The zero-order chi connectivity index (χ0) is 13.9. The molecule has 0 bridgehead atoms. The van der Waals surface area contributed by atoms with Crippen LogP contribution in [0.15, 0.2) is 36.7 Å². The quantitative estimate of drug-likeness (QED) is 0.865. The van der Waals surface area contributed by atoms with Gasteiger partial charge in [-0.15, -0.1) is 0 Å². The topological polar surface area (TPSA) is 29.0 Å². The Morgan fingerprint density at radius 2 is 1.95 bits per heavy atom. The summed E-state index contributed by atoms with van der Waals surface area (Å²) >= 11 is 5.93. The predicted octanol–water partition coefficient (Wildman–Crippen LogP) is 3.51. The fourth-order valence-corrected chi connectivity index (χ4v) is 2.98. The van der Waals surface area contributed by atoms with Crippen molar-refractivity contribution in [3.63, 3.8) is 0 Å². The van der Waals surface area contributed by atoms with E-state index in [2.05, 4.69) is 27.0 Å². The Balaban J connectivity index is 1.65. The Labute approximate surface area is 124 Å². The van der Waals surface area contributed by atoms with Gasteiger partial charge >= 0.3 is 0 Å². The molecular formula is C16H18ClN3. The Hall–Kier alpha value is -1.61. The number of aromatic nitrogens is 2. The summed E-state index contributed by atoms with van der Waals surface area (Å²) in [5.41, 5.74) is 2.37. The molecule has 4 heteroatoms. The van der Waals surface area contributed by atoms with Gasteiger partial charge in [-0.05, 0) is 43.4 Å². The molecule has 104 valence electrons. The molecule has 0 amide bonds. The molecule has 1 aliphatic heterocycles. The number of anilines is 1. The van der Waals surface area contributed by atoms with Crippen molar-refractivity contribution in [1.29, 1.82) is 0 Å². The molecule has 2 heterocycles. The lowest BCUT2D eigenvalue weighted by atomic mass is 9.99. The summed E-state index contributed by atoms with van der Waals surface area (Å²) in [4.78, 5) is 11.1. The Bertz CT molecular complexity index is 583. The summed E-state index contributed by atoms with van der Waals surface area (Å²) in [6.45, 7) is 4.15. The highest BCUT2D eigenvalue weighted by Gasteiger charge is 2.24. The van der Waals surface area contributed by atoms with Crippen molar-refractivity contribution in [3.05, 3.63) is 52.9 Å². The van der Waals surface area contributed by atoms with Crippen LogP contribution in [-0.4, -0.2) is 23.1 Å². The minimum atomic E-state index is 0.678. The Morgan fingerprint density at radius 3 is 2.70 bits per heavy atom. The molecular weight excluding hydrogens is 270 g/mol. The third-order valence-corrected chi connectivity index (χ3v) is 4.13. The average molecular weight is 288 g/mol. The molecule has 1 atom stereocenters. The first-order valence-electron chi connectivity index (χ1n) is 6.99. The highest BCUT2D eigenvalue weighted by atomic mass is 35.5. The van der Waals surface area contributed by atoms with Crippen LogP contribution in [0.5, 0.6) is 0 Å². The maximum Gasteiger partial charge on any atom is 0.150 e. The zero-order valence-electron chi connectivity index (χ0n) is 11.6. The first kappa shape index (κ1) is 13.4. The van der Waals surface area contributed by atoms with Gasteiger partial charge in [0, 0.05) is 30.5 Å². The van der Waals surface area contributed by atoms with Crippen LogP contribution in [0.2, 0.25) is 5.02 Å². The van der Waals surface area contributed by atoms with Crippen LogP contribution in [-0.2, 0) is 6.42 Å². The first-order chi connectivity index (χ1) is 9.72. The zero-order valence-corrected chi connectivity index (χ0v) is 12.3. The molecule has 0 N–H and O–H groups in total. The van der Waals surface area contributed by atoms with Crippen LogP contribution in [0, 0.1) is 12.8 Å². The summed E-state index contributed by atoms with van der Waals surface area (Å²) < 4.78 is 0. The summed E-state index contributed by atoms with van der Waals surface area (Å²) in [6, 6.07) is 8.18. The molecule has 1 unspecified atom stereocenters. The fourth-order valence-electron chi connectivity index (χ4n) is 2.86. The van der Waals surface area contributed by atoms with Gasteiger partial charge in [0.05, 0.1) is 5.69 Å². The molecule has 2 aromatic rings. The molecule has 0 spiro atoms. The normalized spacial score (nSPS) is 18.5. The van der Waals surface area contributed by atoms with Gasteiger partial charge in [0.15, 0.2) is 0 Å². The van der Waals surface area contributed by atoms with Crippen molar-refractivity contribution in [2.45, 2.75) is 19.8 Å². The summed E-state index contributed by atoms with van der Waals surface area (Å²) in [6.07, 6.45) is 5.83. The SMILES string of the molecule is Cc1nccnc1N1CCC(Cc2ccc(Cl)cc2)C1. The van der Waals surface area contributed by atoms with Gasteiger partial charge in [-0.2, -0.15) is 0 Å². The van der Waals surface area contributed by atoms with Crippen LogP contribution in [0.3, 0.4) is 0 Å². The number of benzene rings is 1. The predicted molar refractivity (Wildman–Crippen MR) is 82.2 cm³/mol. The molecule has 1 fully saturated rings. The van der Waals surface area contributed by atoms with Crippen molar-refractivity contribution in [1.82, 2.24) is 9.97 Å². The second-order valence-electron chi connectivity index (χ2n) is 5.40. The number of halogens is 1. The van der Waals surface area contributed by atoms with E-state index in [-0.39, 0.29) is 0 Å². The van der Waals surface area contributed by atoms with Crippen molar-refractivity contribution in [2.75, 3.05) is 18.0 Å². The van der Waals surface area contributed by atoms with Gasteiger partial charge < -0.3 is 4.90 Å². The van der Waals surface area contributed by atoms with E-state index in [1.54, 1.807) is 12.4 Å². The summed E-state index contributed by atoms with van der Waals surface area (Å²) in [5.74, 6) is 1.71. The summed E-state index contributed by atoms with van der Waals surface area (Å²) in [5, 5.41) is 0.803. The van der Waals surface area contributed by atoms with Crippen LogP contribution < -0.4 is 4.90 Å². The number of rotatable bonds is 3. The first-order valence-corrected chi connectivity index (χ1v) is 7.37. The van der Waals surface area contributed by atoms with Gasteiger partial charge in [0.1, 0.15) is 5.82 Å². The van der Waals surface area contributed by atoms with Gasteiger partial charge in [0.2, 0.25) is 0 Å². The third kappa shape index (κ3) is 2.93. The molecule has 1 saturated heterocycles. The Kier molecular flexibility index (Phi) is 3.88. The molecule has 0 radical (unpaired) electrons. The average Bonchev–Trinajstić information content (AvgIpc) is 2.90. The van der Waals surface area contributed by atoms with E-state index in [4.69, 9.17) is 11.6 Å². The largest absolute Gasteiger partial charge is 0.355 e. The van der Waals surface area contributed by atoms with E-state index in [0.717, 1.165) is 36.0 Å². The molecule has 0 saturated carbocycles. The van der Waals surface area contributed by atoms with Gasteiger partial charge in [-0.1, -0.05) is 23.7 Å². The van der Waals surface area contributed by atoms with E-state index in [1.807, 2.05) is 19.1 Å². The van der Waals surface area contributed by atoms with E-state index >= 15 is 0 Å². The lowest BCUT2D eigenvalue weighted by molar-refractivity contribution is 0.586. The smallest absolute Gasteiger partial charge is 0.150 e. The van der Waals surface area contributed by atoms with E-state index in [0.29, 0.717) is 5.92 Å². The molecule has 1 aliphatic rings. The third-order valence-electron chi connectivity index (χ3n) is 3.88. The second-order valence-corrected chi connectivity index (χ2v) is 5.83. The molecule has 1 aromatic carbocycles.